The topological polar surface area (TPSA) is 43.7 Å². The molecule has 4 nitrogen and oxygen atoms in total. The van der Waals surface area contributed by atoms with Crippen LogP contribution in [0.1, 0.15) is 25.8 Å². The molecule has 0 radical (unpaired) electrons. The summed E-state index contributed by atoms with van der Waals surface area (Å²) in [6, 6.07) is 13.8. The zero-order chi connectivity index (χ0) is 19.7. The van der Waals surface area contributed by atoms with E-state index in [9.17, 15) is 8.78 Å². The molecule has 6 heteroatoms. The summed E-state index contributed by atoms with van der Waals surface area (Å²) in [6.07, 6.45) is 2.16. The molecule has 0 saturated heterocycles. The molecule has 0 aliphatic carbocycles. The Morgan fingerprint density at radius 2 is 1.93 bits per heavy atom. The smallest absolute Gasteiger partial charge is 0.218 e. The predicted molar refractivity (Wildman–Crippen MR) is 104 cm³/mol. The molecule has 3 aromatic rings. The Bertz CT molecular complexity index is 1040. The molecule has 2 heterocycles. The molecule has 2 aromatic carbocycles. The van der Waals surface area contributed by atoms with E-state index in [1.54, 1.807) is 6.07 Å². The number of pyridine rings is 1. The van der Waals surface area contributed by atoms with Crippen molar-refractivity contribution in [3.8, 4) is 5.75 Å². The lowest BCUT2D eigenvalue weighted by Crippen LogP contribution is -2.39. The van der Waals surface area contributed by atoms with Crippen molar-refractivity contribution in [2.45, 2.75) is 31.9 Å². The first-order valence-corrected chi connectivity index (χ1v) is 9.10. The number of aliphatic imine (C=N–C) groups is 1. The maximum absolute atomic E-state index is 13.9. The Morgan fingerprint density at radius 3 is 2.71 bits per heavy atom. The summed E-state index contributed by atoms with van der Waals surface area (Å²) in [6.45, 7) is 4.39. The number of fused-ring (bicyclic) bond motifs is 1. The highest BCUT2D eigenvalue weighted by Crippen LogP contribution is 2.28. The molecule has 28 heavy (non-hydrogen) atoms. The van der Waals surface area contributed by atoms with Gasteiger partial charge in [0.2, 0.25) is 5.90 Å². The molecule has 0 fully saturated rings. The van der Waals surface area contributed by atoms with E-state index in [-0.39, 0.29) is 11.6 Å². The Balaban J connectivity index is 1.62. The highest BCUT2D eigenvalue weighted by molar-refractivity contribution is 5.97. The van der Waals surface area contributed by atoms with Gasteiger partial charge in [-0.2, -0.15) is 0 Å². The van der Waals surface area contributed by atoms with Crippen molar-refractivity contribution in [3.05, 3.63) is 71.9 Å². The van der Waals surface area contributed by atoms with Gasteiger partial charge in [0.05, 0.1) is 11.6 Å². The van der Waals surface area contributed by atoms with Crippen LogP contribution in [0.5, 0.6) is 5.75 Å². The van der Waals surface area contributed by atoms with Crippen LogP contribution in [0, 0.1) is 11.6 Å². The molecule has 1 aliphatic rings. The van der Waals surface area contributed by atoms with E-state index < -0.39 is 17.2 Å². The standard InChI is InChI=1S/C22H20F2N2O2/c1-22(2)11-16(13-27-17-6-4-3-5-7-17)26-21(28-22)15-10-14-8-9-18(23)19(24)20(14)25-12-15/h3-10,12,16H,11,13H2,1-2H3. The van der Waals surface area contributed by atoms with Crippen LogP contribution in [-0.2, 0) is 4.74 Å². The first-order valence-electron chi connectivity index (χ1n) is 9.10. The van der Waals surface area contributed by atoms with E-state index in [1.807, 2.05) is 44.2 Å². The van der Waals surface area contributed by atoms with Gasteiger partial charge >= 0.3 is 0 Å². The van der Waals surface area contributed by atoms with Gasteiger partial charge < -0.3 is 9.47 Å². The van der Waals surface area contributed by atoms with Crippen molar-refractivity contribution in [3.63, 3.8) is 0 Å². The summed E-state index contributed by atoms with van der Waals surface area (Å²) in [4.78, 5) is 8.75. The second kappa shape index (κ2) is 7.19. The van der Waals surface area contributed by atoms with Gasteiger partial charge in [-0.25, -0.2) is 13.8 Å². The molecule has 1 aromatic heterocycles. The van der Waals surface area contributed by atoms with Crippen LogP contribution in [-0.4, -0.2) is 29.1 Å². The minimum atomic E-state index is -0.954. The monoisotopic (exact) mass is 382 g/mol. The Labute approximate surface area is 161 Å². The second-order valence-electron chi connectivity index (χ2n) is 7.44. The number of nitrogens with zero attached hydrogens (tertiary/aromatic N) is 2. The number of ether oxygens (including phenoxy) is 2. The van der Waals surface area contributed by atoms with E-state index >= 15 is 0 Å². The predicted octanol–water partition coefficient (Wildman–Crippen LogP) is 4.91. The Kier molecular flexibility index (Phi) is 4.71. The van der Waals surface area contributed by atoms with Crippen LogP contribution in [0.2, 0.25) is 0 Å². The Morgan fingerprint density at radius 1 is 1.14 bits per heavy atom. The third-order valence-electron chi connectivity index (χ3n) is 4.58. The zero-order valence-corrected chi connectivity index (χ0v) is 15.7. The van der Waals surface area contributed by atoms with Crippen molar-refractivity contribution in [1.82, 2.24) is 4.98 Å². The van der Waals surface area contributed by atoms with Gasteiger partial charge in [0, 0.05) is 18.0 Å². The number of para-hydroxylation sites is 1. The third-order valence-corrected chi connectivity index (χ3v) is 4.58. The first kappa shape index (κ1) is 18.3. The summed E-state index contributed by atoms with van der Waals surface area (Å²) in [5, 5.41) is 0.489. The van der Waals surface area contributed by atoms with Crippen molar-refractivity contribution < 1.29 is 18.3 Å². The number of hydrogen-bond acceptors (Lipinski definition) is 4. The van der Waals surface area contributed by atoms with Crippen molar-refractivity contribution in [2.24, 2.45) is 4.99 Å². The molecule has 1 atom stereocenters. The van der Waals surface area contributed by atoms with Gasteiger partial charge in [-0.05, 0) is 44.2 Å². The molecule has 0 saturated carbocycles. The first-order chi connectivity index (χ1) is 13.4. The molecule has 0 bridgehead atoms. The Hall–Kier alpha value is -3.02. The molecular weight excluding hydrogens is 362 g/mol. The van der Waals surface area contributed by atoms with Gasteiger partial charge in [-0.3, -0.25) is 4.98 Å². The molecule has 0 spiro atoms. The minimum absolute atomic E-state index is 0.0108. The van der Waals surface area contributed by atoms with E-state index in [4.69, 9.17) is 9.47 Å². The third kappa shape index (κ3) is 3.81. The molecule has 1 aliphatic heterocycles. The average molecular weight is 382 g/mol. The van der Waals surface area contributed by atoms with Crippen molar-refractivity contribution in [1.29, 1.82) is 0 Å². The largest absolute Gasteiger partial charge is 0.491 e. The number of aromatic nitrogens is 1. The summed E-state index contributed by atoms with van der Waals surface area (Å²) in [5.74, 6) is -0.659. The van der Waals surface area contributed by atoms with Crippen LogP contribution in [0.3, 0.4) is 0 Å². The fourth-order valence-corrected chi connectivity index (χ4v) is 3.31. The SMILES string of the molecule is CC1(C)CC(COc2ccccc2)N=C(c2cnc3c(F)c(F)ccc3c2)O1. The van der Waals surface area contributed by atoms with Crippen LogP contribution in [0.25, 0.3) is 10.9 Å². The minimum Gasteiger partial charge on any atom is -0.491 e. The maximum atomic E-state index is 13.9. The zero-order valence-electron chi connectivity index (χ0n) is 15.7. The van der Waals surface area contributed by atoms with Crippen molar-refractivity contribution >= 4 is 16.8 Å². The van der Waals surface area contributed by atoms with Crippen molar-refractivity contribution in [2.75, 3.05) is 6.61 Å². The average Bonchev–Trinajstić information content (AvgIpc) is 2.69. The van der Waals surface area contributed by atoms with E-state index in [1.165, 1.54) is 12.3 Å². The van der Waals surface area contributed by atoms with E-state index in [0.29, 0.717) is 29.9 Å². The van der Waals surface area contributed by atoms with Crippen LogP contribution < -0.4 is 4.74 Å². The highest BCUT2D eigenvalue weighted by Gasteiger charge is 2.32. The molecule has 144 valence electrons. The van der Waals surface area contributed by atoms with Gasteiger partial charge in [0.1, 0.15) is 23.5 Å². The van der Waals surface area contributed by atoms with Crippen LogP contribution >= 0.6 is 0 Å². The van der Waals surface area contributed by atoms with Gasteiger partial charge in [0.15, 0.2) is 11.6 Å². The molecule has 0 amide bonds. The molecule has 4 rings (SSSR count). The maximum Gasteiger partial charge on any atom is 0.218 e. The van der Waals surface area contributed by atoms with Gasteiger partial charge in [0.25, 0.3) is 0 Å². The molecular formula is C22H20F2N2O2. The van der Waals surface area contributed by atoms with Crippen LogP contribution in [0.15, 0.2) is 59.7 Å². The summed E-state index contributed by atoms with van der Waals surface area (Å²) in [5.41, 5.74) is 0.171. The van der Waals surface area contributed by atoms with Crippen LogP contribution in [0.4, 0.5) is 8.78 Å². The summed E-state index contributed by atoms with van der Waals surface area (Å²) >= 11 is 0. The normalized spacial score (nSPS) is 18.4. The molecule has 0 N–H and O–H groups in total. The summed E-state index contributed by atoms with van der Waals surface area (Å²) < 4.78 is 39.2. The number of benzene rings is 2. The van der Waals surface area contributed by atoms with Gasteiger partial charge in [-0.1, -0.05) is 18.2 Å². The number of rotatable bonds is 4. The quantitative estimate of drug-likeness (QED) is 0.644. The lowest BCUT2D eigenvalue weighted by molar-refractivity contribution is 0.0550. The number of halogens is 2. The lowest BCUT2D eigenvalue weighted by Gasteiger charge is -2.34. The van der Waals surface area contributed by atoms with E-state index in [2.05, 4.69) is 9.98 Å². The molecule has 1 unspecified atom stereocenters. The van der Waals surface area contributed by atoms with Gasteiger partial charge in [-0.15, -0.1) is 0 Å². The number of hydrogen-bond donors (Lipinski definition) is 0. The summed E-state index contributed by atoms with van der Waals surface area (Å²) in [7, 11) is 0. The fourth-order valence-electron chi connectivity index (χ4n) is 3.31. The second-order valence-corrected chi connectivity index (χ2v) is 7.44. The highest BCUT2D eigenvalue weighted by atomic mass is 19.2. The lowest BCUT2D eigenvalue weighted by atomic mass is 9.97. The fraction of sp³-hybridized carbons (Fsp3) is 0.273. The van der Waals surface area contributed by atoms with E-state index in [0.717, 1.165) is 11.8 Å².